The summed E-state index contributed by atoms with van der Waals surface area (Å²) in [6.45, 7) is 2.04. The van der Waals surface area contributed by atoms with Crippen LogP contribution in [0.2, 0.25) is 0 Å². The number of tetrazole rings is 1. The fourth-order valence-electron chi connectivity index (χ4n) is 3.14. The first-order chi connectivity index (χ1) is 10.3. The second-order valence-electron chi connectivity index (χ2n) is 5.60. The number of fused-ring (bicyclic) bond motifs is 2. The van der Waals surface area contributed by atoms with Crippen LogP contribution in [-0.4, -0.2) is 42.7 Å². The van der Waals surface area contributed by atoms with Crippen molar-refractivity contribution in [3.05, 3.63) is 23.3 Å². The molecule has 0 aliphatic carbocycles. The third-order valence-corrected chi connectivity index (χ3v) is 4.30. The van der Waals surface area contributed by atoms with E-state index < -0.39 is 0 Å². The molecule has 2 aliphatic rings. The third kappa shape index (κ3) is 2.10. The Hall–Kier alpha value is -2.25. The largest absolute Gasteiger partial charge is 0.364 e. The van der Waals surface area contributed by atoms with Gasteiger partial charge in [-0.1, -0.05) is 11.6 Å². The smallest absolute Gasteiger partial charge is 0.233 e. The van der Waals surface area contributed by atoms with Gasteiger partial charge in [-0.25, -0.2) is 4.68 Å². The molecule has 0 bridgehead atoms. The van der Waals surface area contributed by atoms with E-state index in [4.69, 9.17) is 4.52 Å². The first-order valence-corrected chi connectivity index (χ1v) is 7.30. The number of carbonyl (C=O) groups excluding carboxylic acids is 1. The lowest BCUT2D eigenvalue weighted by Gasteiger charge is -2.28. The van der Waals surface area contributed by atoms with Gasteiger partial charge in [0.15, 0.2) is 5.82 Å². The zero-order valence-electron chi connectivity index (χ0n) is 11.6. The Morgan fingerprint density at radius 3 is 3.24 bits per heavy atom. The molecule has 1 unspecified atom stereocenters. The SMILES string of the molecule is O=C(C1CCCCn2nnnc21)N1CCc2nocc2C1. The molecule has 8 heteroatoms. The van der Waals surface area contributed by atoms with Crippen molar-refractivity contribution in [1.82, 2.24) is 30.3 Å². The molecule has 0 fully saturated rings. The van der Waals surface area contributed by atoms with Gasteiger partial charge in [-0.15, -0.1) is 5.10 Å². The zero-order chi connectivity index (χ0) is 14.2. The highest BCUT2D eigenvalue weighted by atomic mass is 16.5. The van der Waals surface area contributed by atoms with E-state index in [2.05, 4.69) is 20.7 Å². The maximum Gasteiger partial charge on any atom is 0.233 e. The van der Waals surface area contributed by atoms with E-state index in [-0.39, 0.29) is 11.8 Å². The maximum atomic E-state index is 12.9. The van der Waals surface area contributed by atoms with Crippen LogP contribution in [0.25, 0.3) is 0 Å². The molecule has 0 saturated carbocycles. The number of amides is 1. The normalized spacial score (nSPS) is 21.5. The molecule has 0 N–H and O–H groups in total. The molecule has 0 spiro atoms. The van der Waals surface area contributed by atoms with E-state index in [1.807, 2.05) is 4.90 Å². The van der Waals surface area contributed by atoms with E-state index >= 15 is 0 Å². The summed E-state index contributed by atoms with van der Waals surface area (Å²) in [7, 11) is 0. The van der Waals surface area contributed by atoms with Crippen LogP contribution in [0.15, 0.2) is 10.8 Å². The predicted octanol–water partition coefficient (Wildman–Crippen LogP) is 0.513. The maximum absolute atomic E-state index is 12.9. The lowest BCUT2D eigenvalue weighted by atomic mass is 9.99. The first-order valence-electron chi connectivity index (χ1n) is 7.30. The number of carbonyl (C=O) groups is 1. The molecule has 2 aliphatic heterocycles. The fraction of sp³-hybridized carbons (Fsp3) is 0.615. The number of hydrogen-bond donors (Lipinski definition) is 0. The zero-order valence-corrected chi connectivity index (χ0v) is 11.6. The van der Waals surface area contributed by atoms with Gasteiger partial charge in [0.2, 0.25) is 5.91 Å². The number of hydrogen-bond acceptors (Lipinski definition) is 6. The quantitative estimate of drug-likeness (QED) is 0.759. The van der Waals surface area contributed by atoms with Crippen molar-refractivity contribution >= 4 is 5.91 Å². The van der Waals surface area contributed by atoms with Crippen LogP contribution < -0.4 is 0 Å². The molecule has 1 amide bonds. The Labute approximate surface area is 121 Å². The van der Waals surface area contributed by atoms with E-state index in [1.165, 1.54) is 0 Å². The predicted molar refractivity (Wildman–Crippen MR) is 70.0 cm³/mol. The summed E-state index contributed by atoms with van der Waals surface area (Å²) < 4.78 is 6.75. The van der Waals surface area contributed by atoms with Crippen LogP contribution in [0.1, 0.15) is 42.3 Å². The molecule has 1 atom stereocenters. The molecule has 8 nitrogen and oxygen atoms in total. The molecular weight excluding hydrogens is 272 g/mol. The van der Waals surface area contributed by atoms with Crippen molar-refractivity contribution in [2.45, 2.75) is 44.7 Å². The van der Waals surface area contributed by atoms with Crippen molar-refractivity contribution in [1.29, 1.82) is 0 Å². The number of aryl methyl sites for hydroxylation is 1. The molecule has 0 saturated heterocycles. The minimum atomic E-state index is -0.232. The van der Waals surface area contributed by atoms with E-state index in [0.29, 0.717) is 18.9 Å². The molecule has 4 rings (SSSR count). The standard InChI is InChI=1S/C13H16N6O2/c20-13(18-6-4-11-9(7-18)8-21-15-11)10-3-1-2-5-19-12(10)14-16-17-19/h8,10H,1-7H2. The van der Waals surface area contributed by atoms with Crippen molar-refractivity contribution < 1.29 is 9.32 Å². The van der Waals surface area contributed by atoms with Crippen molar-refractivity contribution in [3.8, 4) is 0 Å². The highest BCUT2D eigenvalue weighted by molar-refractivity contribution is 5.83. The van der Waals surface area contributed by atoms with E-state index in [1.54, 1.807) is 10.9 Å². The van der Waals surface area contributed by atoms with Crippen LogP contribution in [-0.2, 0) is 24.3 Å². The van der Waals surface area contributed by atoms with Gasteiger partial charge in [-0.3, -0.25) is 4.79 Å². The summed E-state index contributed by atoms with van der Waals surface area (Å²) >= 11 is 0. The molecule has 21 heavy (non-hydrogen) atoms. The molecule has 0 radical (unpaired) electrons. The second kappa shape index (κ2) is 4.94. The molecular formula is C13H16N6O2. The van der Waals surface area contributed by atoms with Gasteiger partial charge >= 0.3 is 0 Å². The van der Waals surface area contributed by atoms with Crippen LogP contribution in [0.5, 0.6) is 0 Å². The fourth-order valence-corrected chi connectivity index (χ4v) is 3.14. The Balaban J connectivity index is 1.58. The van der Waals surface area contributed by atoms with Crippen molar-refractivity contribution in [2.75, 3.05) is 6.54 Å². The highest BCUT2D eigenvalue weighted by Gasteiger charge is 2.33. The van der Waals surface area contributed by atoms with Gasteiger partial charge in [-0.2, -0.15) is 0 Å². The molecule has 0 aromatic carbocycles. The highest BCUT2D eigenvalue weighted by Crippen LogP contribution is 2.28. The summed E-state index contributed by atoms with van der Waals surface area (Å²) in [6.07, 6.45) is 5.21. The van der Waals surface area contributed by atoms with Crippen LogP contribution in [0.3, 0.4) is 0 Å². The number of aromatic nitrogens is 5. The van der Waals surface area contributed by atoms with E-state index in [9.17, 15) is 4.79 Å². The summed E-state index contributed by atoms with van der Waals surface area (Å²) in [6, 6.07) is 0. The van der Waals surface area contributed by atoms with Crippen LogP contribution in [0.4, 0.5) is 0 Å². The van der Waals surface area contributed by atoms with Crippen molar-refractivity contribution in [3.63, 3.8) is 0 Å². The van der Waals surface area contributed by atoms with Crippen molar-refractivity contribution in [2.24, 2.45) is 0 Å². The average Bonchev–Trinajstić information content (AvgIpc) is 3.11. The minimum Gasteiger partial charge on any atom is -0.364 e. The Morgan fingerprint density at radius 1 is 1.33 bits per heavy atom. The van der Waals surface area contributed by atoms with Gasteiger partial charge in [0.05, 0.1) is 18.2 Å². The summed E-state index contributed by atoms with van der Waals surface area (Å²) in [5.74, 6) is 0.581. The van der Waals surface area contributed by atoms with Gasteiger partial charge in [0, 0.05) is 25.1 Å². The molecule has 2 aromatic rings. The minimum absolute atomic E-state index is 0.111. The van der Waals surface area contributed by atoms with E-state index in [0.717, 1.165) is 43.5 Å². The lowest BCUT2D eigenvalue weighted by Crippen LogP contribution is -2.39. The second-order valence-corrected chi connectivity index (χ2v) is 5.60. The van der Waals surface area contributed by atoms with Gasteiger partial charge in [-0.05, 0) is 23.3 Å². The topological polar surface area (TPSA) is 89.9 Å². The van der Waals surface area contributed by atoms with Crippen LogP contribution >= 0.6 is 0 Å². The van der Waals surface area contributed by atoms with Gasteiger partial charge < -0.3 is 9.42 Å². The number of rotatable bonds is 1. The monoisotopic (exact) mass is 288 g/mol. The Bertz CT molecular complexity index is 663. The average molecular weight is 288 g/mol. The summed E-state index contributed by atoms with van der Waals surface area (Å²) in [4.78, 5) is 14.7. The Kier molecular flexibility index (Phi) is 2.94. The van der Waals surface area contributed by atoms with Gasteiger partial charge in [0.1, 0.15) is 6.26 Å². The Morgan fingerprint density at radius 2 is 2.29 bits per heavy atom. The molecule has 2 aromatic heterocycles. The molecule has 110 valence electrons. The molecule has 4 heterocycles. The first kappa shape index (κ1) is 12.5. The summed E-state index contributed by atoms with van der Waals surface area (Å²) in [5, 5.41) is 15.7. The summed E-state index contributed by atoms with van der Waals surface area (Å²) in [5.41, 5.74) is 1.97. The lowest BCUT2D eigenvalue weighted by molar-refractivity contribution is -0.134. The van der Waals surface area contributed by atoms with Gasteiger partial charge in [0.25, 0.3) is 0 Å². The third-order valence-electron chi connectivity index (χ3n) is 4.30. The van der Waals surface area contributed by atoms with Crippen LogP contribution in [0, 0.1) is 0 Å². The number of nitrogens with zero attached hydrogens (tertiary/aromatic N) is 6.